The lowest BCUT2D eigenvalue weighted by Gasteiger charge is -2.11. The maximum Gasteiger partial charge on any atom is 0.162 e. The van der Waals surface area contributed by atoms with Gasteiger partial charge in [0.15, 0.2) is 11.5 Å². The molecule has 4 nitrogen and oxygen atoms in total. The first-order valence-corrected chi connectivity index (χ1v) is 7.14. The highest BCUT2D eigenvalue weighted by molar-refractivity contribution is 5.88. The first-order chi connectivity index (χ1) is 11.3. The summed E-state index contributed by atoms with van der Waals surface area (Å²) in [6, 6.07) is 13.1. The number of hydrogen-bond acceptors (Lipinski definition) is 4. The Morgan fingerprint density at radius 2 is 2.13 bits per heavy atom. The molecule has 4 heteroatoms. The third-order valence-corrected chi connectivity index (χ3v) is 2.95. The van der Waals surface area contributed by atoms with E-state index in [-0.39, 0.29) is 6.61 Å². The van der Waals surface area contributed by atoms with Crippen molar-refractivity contribution in [3.8, 4) is 29.9 Å². The molecule has 0 radical (unpaired) electrons. The Hall–Kier alpha value is -3.24. The molecule has 0 unspecified atom stereocenters. The Morgan fingerprint density at radius 3 is 2.78 bits per heavy atom. The van der Waals surface area contributed by atoms with Crippen LogP contribution in [-0.4, -0.2) is 18.2 Å². The highest BCUT2D eigenvalue weighted by Crippen LogP contribution is 2.30. The number of nitriles is 1. The molecular weight excluding hydrogens is 288 g/mol. The minimum Gasteiger partial charge on any atom is -0.490 e. The Morgan fingerprint density at radius 1 is 1.26 bits per heavy atom. The Bertz CT molecular complexity index is 768. The van der Waals surface area contributed by atoms with E-state index in [0.717, 1.165) is 5.56 Å². The van der Waals surface area contributed by atoms with Crippen LogP contribution in [0.15, 0.2) is 42.6 Å². The molecule has 23 heavy (non-hydrogen) atoms. The molecule has 1 aromatic heterocycles. The summed E-state index contributed by atoms with van der Waals surface area (Å²) < 4.78 is 11.0. The number of benzene rings is 1. The number of ether oxygens (including phenoxy) is 2. The molecule has 0 spiro atoms. The highest BCUT2D eigenvalue weighted by Gasteiger charge is 2.07. The zero-order valence-electron chi connectivity index (χ0n) is 12.8. The van der Waals surface area contributed by atoms with Gasteiger partial charge in [0, 0.05) is 6.20 Å². The van der Waals surface area contributed by atoms with Crippen LogP contribution in [0.4, 0.5) is 0 Å². The SMILES string of the molecule is C#CCOc1ccc(/C=C(\C#N)c2ccccn2)cc1OCC. The first-order valence-electron chi connectivity index (χ1n) is 7.14. The molecule has 0 amide bonds. The van der Waals surface area contributed by atoms with Crippen molar-refractivity contribution in [2.45, 2.75) is 6.92 Å². The summed E-state index contributed by atoms with van der Waals surface area (Å²) in [7, 11) is 0. The summed E-state index contributed by atoms with van der Waals surface area (Å²) in [5.74, 6) is 3.60. The molecule has 0 saturated heterocycles. The van der Waals surface area contributed by atoms with Gasteiger partial charge >= 0.3 is 0 Å². The maximum atomic E-state index is 9.35. The van der Waals surface area contributed by atoms with Crippen molar-refractivity contribution in [3.05, 3.63) is 53.9 Å². The number of hydrogen-bond donors (Lipinski definition) is 0. The molecule has 0 aliphatic heterocycles. The lowest BCUT2D eigenvalue weighted by Crippen LogP contribution is -1.99. The van der Waals surface area contributed by atoms with Crippen LogP contribution in [0.25, 0.3) is 11.6 Å². The van der Waals surface area contributed by atoms with Gasteiger partial charge in [-0.05, 0) is 42.8 Å². The highest BCUT2D eigenvalue weighted by atomic mass is 16.5. The zero-order chi connectivity index (χ0) is 16.5. The van der Waals surface area contributed by atoms with E-state index in [4.69, 9.17) is 15.9 Å². The van der Waals surface area contributed by atoms with Crippen molar-refractivity contribution >= 4 is 11.6 Å². The quantitative estimate of drug-likeness (QED) is 0.605. The van der Waals surface area contributed by atoms with Gasteiger partial charge in [0.05, 0.1) is 17.9 Å². The van der Waals surface area contributed by atoms with Gasteiger partial charge in [0.1, 0.15) is 12.7 Å². The van der Waals surface area contributed by atoms with Crippen LogP contribution in [-0.2, 0) is 0 Å². The molecule has 0 atom stereocenters. The topological polar surface area (TPSA) is 55.1 Å². The molecule has 0 fully saturated rings. The van der Waals surface area contributed by atoms with Gasteiger partial charge in [-0.25, -0.2) is 0 Å². The van der Waals surface area contributed by atoms with E-state index in [1.807, 2.05) is 31.2 Å². The van der Waals surface area contributed by atoms with E-state index < -0.39 is 0 Å². The number of pyridine rings is 1. The van der Waals surface area contributed by atoms with Gasteiger partial charge in [-0.15, -0.1) is 6.42 Å². The number of aromatic nitrogens is 1. The maximum absolute atomic E-state index is 9.35. The largest absolute Gasteiger partial charge is 0.490 e. The van der Waals surface area contributed by atoms with Crippen molar-refractivity contribution in [2.24, 2.45) is 0 Å². The smallest absolute Gasteiger partial charge is 0.162 e. The van der Waals surface area contributed by atoms with Gasteiger partial charge in [0.2, 0.25) is 0 Å². The van der Waals surface area contributed by atoms with Crippen molar-refractivity contribution in [3.63, 3.8) is 0 Å². The van der Waals surface area contributed by atoms with E-state index >= 15 is 0 Å². The molecule has 1 aromatic carbocycles. The monoisotopic (exact) mass is 304 g/mol. The van der Waals surface area contributed by atoms with Crippen LogP contribution in [0.3, 0.4) is 0 Å². The number of nitrogens with zero attached hydrogens (tertiary/aromatic N) is 2. The lowest BCUT2D eigenvalue weighted by molar-refractivity contribution is 0.299. The third kappa shape index (κ3) is 4.36. The van der Waals surface area contributed by atoms with Gasteiger partial charge in [-0.3, -0.25) is 4.98 Å². The van der Waals surface area contributed by atoms with Crippen LogP contribution in [0.2, 0.25) is 0 Å². The summed E-state index contributed by atoms with van der Waals surface area (Å²) in [4.78, 5) is 4.19. The van der Waals surface area contributed by atoms with E-state index in [0.29, 0.717) is 29.4 Å². The molecule has 0 bridgehead atoms. The summed E-state index contributed by atoms with van der Waals surface area (Å²) in [6.45, 7) is 2.57. The standard InChI is InChI=1S/C19H16N2O2/c1-3-11-23-18-9-8-15(13-19(18)22-4-2)12-16(14-20)17-7-5-6-10-21-17/h1,5-10,12-13H,4,11H2,2H3/b16-12+. The predicted octanol–water partition coefficient (Wildman–Crippen LogP) is 3.56. The summed E-state index contributed by atoms with van der Waals surface area (Å²) in [5, 5.41) is 9.35. The Kier molecular flexibility index (Phi) is 5.80. The second kappa shape index (κ2) is 8.26. The molecule has 2 rings (SSSR count). The summed E-state index contributed by atoms with van der Waals surface area (Å²) >= 11 is 0. The van der Waals surface area contributed by atoms with E-state index in [9.17, 15) is 5.26 Å². The fourth-order valence-corrected chi connectivity index (χ4v) is 1.97. The number of allylic oxidation sites excluding steroid dienone is 1. The molecule has 0 saturated carbocycles. The Labute approximate surface area is 136 Å². The first kappa shape index (κ1) is 16.1. The van der Waals surface area contributed by atoms with Crippen molar-refractivity contribution < 1.29 is 9.47 Å². The minimum absolute atomic E-state index is 0.173. The van der Waals surface area contributed by atoms with Crippen LogP contribution in [0.1, 0.15) is 18.2 Å². The molecular formula is C19H16N2O2. The summed E-state index contributed by atoms with van der Waals surface area (Å²) in [6.07, 6.45) is 8.63. The normalized spacial score (nSPS) is 10.5. The van der Waals surface area contributed by atoms with Crippen LogP contribution < -0.4 is 9.47 Å². The van der Waals surface area contributed by atoms with Gasteiger partial charge in [-0.2, -0.15) is 5.26 Å². The molecule has 2 aromatic rings. The van der Waals surface area contributed by atoms with Gasteiger partial charge < -0.3 is 9.47 Å². The lowest BCUT2D eigenvalue weighted by atomic mass is 10.1. The van der Waals surface area contributed by atoms with Crippen molar-refractivity contribution in [2.75, 3.05) is 13.2 Å². The minimum atomic E-state index is 0.173. The van der Waals surface area contributed by atoms with E-state index in [2.05, 4.69) is 17.0 Å². The van der Waals surface area contributed by atoms with Crippen LogP contribution in [0.5, 0.6) is 11.5 Å². The van der Waals surface area contributed by atoms with Crippen LogP contribution >= 0.6 is 0 Å². The van der Waals surface area contributed by atoms with E-state index in [1.54, 1.807) is 24.4 Å². The molecule has 0 aliphatic carbocycles. The van der Waals surface area contributed by atoms with E-state index in [1.165, 1.54) is 0 Å². The number of rotatable bonds is 6. The zero-order valence-corrected chi connectivity index (χ0v) is 12.8. The van der Waals surface area contributed by atoms with Gasteiger partial charge in [0.25, 0.3) is 0 Å². The fraction of sp³-hybridized carbons (Fsp3) is 0.158. The average Bonchev–Trinajstić information content (AvgIpc) is 2.60. The fourth-order valence-electron chi connectivity index (χ4n) is 1.97. The Balaban J connectivity index is 2.36. The molecule has 114 valence electrons. The molecule has 1 heterocycles. The number of terminal acetylenes is 1. The van der Waals surface area contributed by atoms with Crippen LogP contribution in [0, 0.1) is 23.7 Å². The predicted molar refractivity (Wildman–Crippen MR) is 89.7 cm³/mol. The second-order valence-corrected chi connectivity index (χ2v) is 4.52. The molecule has 0 aliphatic rings. The van der Waals surface area contributed by atoms with Gasteiger partial charge in [-0.1, -0.05) is 18.1 Å². The van der Waals surface area contributed by atoms with Crippen molar-refractivity contribution in [1.82, 2.24) is 4.98 Å². The summed E-state index contributed by atoms with van der Waals surface area (Å²) in [5.41, 5.74) is 1.93. The van der Waals surface area contributed by atoms with Crippen molar-refractivity contribution in [1.29, 1.82) is 5.26 Å². The average molecular weight is 304 g/mol. The second-order valence-electron chi connectivity index (χ2n) is 4.52. The molecule has 0 N–H and O–H groups in total. The third-order valence-electron chi connectivity index (χ3n) is 2.95.